The third kappa shape index (κ3) is 2.17. The van der Waals surface area contributed by atoms with E-state index in [1.165, 1.54) is 40.9 Å². The number of hydrogen-bond acceptors (Lipinski definition) is 1. The Hall–Kier alpha value is -1.76. The summed E-state index contributed by atoms with van der Waals surface area (Å²) in [6.45, 7) is 4.60. The predicted molar refractivity (Wildman–Crippen MR) is 119 cm³/mol. The number of fused-ring (bicyclic) bond motifs is 9. The molecule has 29 heavy (non-hydrogen) atoms. The molecule has 0 saturated heterocycles. The van der Waals surface area contributed by atoms with E-state index in [-0.39, 0.29) is 5.41 Å². The van der Waals surface area contributed by atoms with Gasteiger partial charge in [-0.1, -0.05) is 0 Å². The molecule has 1 aromatic heterocycles. The van der Waals surface area contributed by atoms with E-state index in [1.807, 2.05) is 36.1 Å². The molecule has 0 nitrogen and oxygen atoms in total. The molecule has 2 aromatic carbocycles. The van der Waals surface area contributed by atoms with E-state index in [1.54, 1.807) is 11.1 Å². The van der Waals surface area contributed by atoms with Crippen LogP contribution in [0.15, 0.2) is 78.4 Å². The maximum atomic E-state index is 2.44. The van der Waals surface area contributed by atoms with Crippen LogP contribution in [0.4, 0.5) is 0 Å². The van der Waals surface area contributed by atoms with Gasteiger partial charge in [0.15, 0.2) is 0 Å². The maximum absolute atomic E-state index is 2.44. The van der Waals surface area contributed by atoms with E-state index in [9.17, 15) is 0 Å². The molecule has 0 aliphatic heterocycles. The van der Waals surface area contributed by atoms with Gasteiger partial charge in [-0.05, 0) is 0 Å². The predicted octanol–water partition coefficient (Wildman–Crippen LogP) is 6.33. The van der Waals surface area contributed by atoms with Gasteiger partial charge in [0.05, 0.1) is 0 Å². The molecule has 1 heterocycles. The zero-order valence-corrected chi connectivity index (χ0v) is 20.3. The Morgan fingerprint density at radius 3 is 2.21 bits per heavy atom. The molecular weight excluding hydrogens is 566 g/mol. The van der Waals surface area contributed by atoms with E-state index in [0.717, 1.165) is 6.42 Å². The molecule has 1 spiro atoms. The first kappa shape index (κ1) is 18.0. The van der Waals surface area contributed by atoms with Gasteiger partial charge in [0.25, 0.3) is 0 Å². The van der Waals surface area contributed by atoms with Crippen molar-refractivity contribution in [2.24, 2.45) is 5.92 Å². The van der Waals surface area contributed by atoms with Gasteiger partial charge < -0.3 is 0 Å². The van der Waals surface area contributed by atoms with Crippen molar-refractivity contribution in [2.45, 2.75) is 25.7 Å². The van der Waals surface area contributed by atoms with Crippen molar-refractivity contribution in [3.63, 3.8) is 0 Å². The van der Waals surface area contributed by atoms with Gasteiger partial charge in [0.2, 0.25) is 0 Å². The monoisotopic (exact) mass is 587 g/mol. The Morgan fingerprint density at radius 2 is 1.55 bits per heavy atom. The van der Waals surface area contributed by atoms with E-state index >= 15 is 0 Å². The van der Waals surface area contributed by atoms with Crippen LogP contribution in [0.2, 0.25) is 0 Å². The van der Waals surface area contributed by atoms with E-state index in [2.05, 4.69) is 86.7 Å². The van der Waals surface area contributed by atoms with Crippen LogP contribution in [0, 0.1) is 30.6 Å². The van der Waals surface area contributed by atoms with Gasteiger partial charge in [0.1, 0.15) is 0 Å². The first-order valence-corrected chi connectivity index (χ1v) is 12.6. The van der Waals surface area contributed by atoms with Crippen LogP contribution < -0.4 is 2.59 Å². The summed E-state index contributed by atoms with van der Waals surface area (Å²) < 4.78 is 1.53. The summed E-state index contributed by atoms with van der Waals surface area (Å²) in [6.07, 6.45) is 10.7. The van der Waals surface area contributed by atoms with Crippen LogP contribution in [-0.4, -0.2) is 0 Å². The minimum atomic E-state index is -0.173. The molecule has 0 bridgehead atoms. The summed E-state index contributed by atoms with van der Waals surface area (Å²) in [5.41, 5.74) is 11.6. The van der Waals surface area contributed by atoms with Crippen molar-refractivity contribution in [1.29, 1.82) is 0 Å². The van der Waals surface area contributed by atoms with Crippen LogP contribution in [0.5, 0.6) is 0 Å². The van der Waals surface area contributed by atoms with Crippen molar-refractivity contribution in [3.05, 3.63) is 106 Å². The summed E-state index contributed by atoms with van der Waals surface area (Å²) in [7, 11) is 0. The molecule has 1 unspecified atom stereocenters. The average molecular weight is 588 g/mol. The van der Waals surface area contributed by atoms with E-state index in [4.69, 9.17) is 0 Å². The molecule has 1 atom stereocenters. The molecule has 142 valence electrons. The van der Waals surface area contributed by atoms with Gasteiger partial charge >= 0.3 is 192 Å². The summed E-state index contributed by atoms with van der Waals surface area (Å²) in [4.78, 5) is 1.50. The second kappa shape index (κ2) is 6.37. The Kier molecular flexibility index (Phi) is 3.96. The summed E-state index contributed by atoms with van der Waals surface area (Å²) in [6, 6.07) is 18.2. The third-order valence-corrected chi connectivity index (χ3v) is 9.55. The molecule has 3 aromatic rings. The quantitative estimate of drug-likeness (QED) is 0.312. The fourth-order valence-electron chi connectivity index (χ4n) is 5.53. The Labute approximate surface area is 191 Å². The van der Waals surface area contributed by atoms with Gasteiger partial charge in [-0.15, -0.1) is 0 Å². The summed E-state index contributed by atoms with van der Waals surface area (Å²) in [5, 5.41) is 0. The zero-order chi connectivity index (χ0) is 19.8. The first-order valence-electron chi connectivity index (χ1n) is 10.3. The topological polar surface area (TPSA) is 0 Å². The standard InChI is InChI=1S/C27H21AtS/c1-3-17-24-25(29-26(17)28)20-14-12-16(2)13-15-23(20)27(24)21-10-6-4-8-18(21)19-9-5-7-11-22(19)27/h4-16H,3H2,1-2H3. The summed E-state index contributed by atoms with van der Waals surface area (Å²) in [5.74, 6) is 0.462. The van der Waals surface area contributed by atoms with Crippen molar-refractivity contribution in [1.82, 2.24) is 0 Å². The van der Waals surface area contributed by atoms with Crippen molar-refractivity contribution >= 4 is 19.5 Å². The fourth-order valence-corrected chi connectivity index (χ4v) is 8.54. The van der Waals surface area contributed by atoms with E-state index < -0.39 is 0 Å². The number of rotatable bonds is 1. The minimum absolute atomic E-state index is 0.173. The van der Waals surface area contributed by atoms with Crippen molar-refractivity contribution in [3.8, 4) is 11.1 Å². The van der Waals surface area contributed by atoms with Gasteiger partial charge in [-0.2, -0.15) is 0 Å². The molecule has 3 aliphatic rings. The molecule has 6 rings (SSSR count). The van der Waals surface area contributed by atoms with Gasteiger partial charge in [-0.25, -0.2) is 0 Å². The van der Waals surface area contributed by atoms with E-state index in [0.29, 0.717) is 5.92 Å². The second-order valence-electron chi connectivity index (χ2n) is 8.16. The average Bonchev–Trinajstić information content (AvgIpc) is 3.25. The van der Waals surface area contributed by atoms with Crippen molar-refractivity contribution in [2.75, 3.05) is 0 Å². The zero-order valence-electron chi connectivity index (χ0n) is 16.5. The number of allylic oxidation sites excluding steroid dienone is 6. The number of benzene rings is 2. The Bertz CT molecular complexity index is 1220. The van der Waals surface area contributed by atoms with Crippen molar-refractivity contribution < 1.29 is 24.7 Å². The van der Waals surface area contributed by atoms with Crippen LogP contribution in [-0.2, 0) is 11.8 Å². The molecule has 0 radical (unpaired) electrons. The Morgan fingerprint density at radius 1 is 0.931 bits per heavy atom. The molecule has 0 saturated carbocycles. The fraction of sp³-hybridized carbons (Fsp3) is 0.185. The van der Waals surface area contributed by atoms with Crippen LogP contribution >= 0.6 is 11.3 Å². The normalized spacial score (nSPS) is 19.9. The van der Waals surface area contributed by atoms with Gasteiger partial charge in [0, 0.05) is 0 Å². The van der Waals surface area contributed by atoms with Crippen LogP contribution in [0.25, 0.3) is 16.7 Å². The van der Waals surface area contributed by atoms with Crippen LogP contribution in [0.3, 0.4) is 0 Å². The molecule has 0 amide bonds. The molecule has 3 aliphatic carbocycles. The third-order valence-electron chi connectivity index (χ3n) is 6.71. The second-order valence-corrected chi connectivity index (χ2v) is 11.7. The molecule has 2 heteroatoms. The molecule has 0 N–H and O–H groups in total. The SMILES string of the molecule is CCc1c([At])sc2c1C1(C3=C2C=CC(C)C=C3)c2ccccc2-c2ccccc21. The molecule has 0 fully saturated rings. The van der Waals surface area contributed by atoms with Gasteiger partial charge in [-0.3, -0.25) is 0 Å². The summed E-state index contributed by atoms with van der Waals surface area (Å²) >= 11 is 3.85. The first-order chi connectivity index (χ1) is 14.2. The number of thiophene rings is 1. The molecular formula is C27H21AtS. The Balaban J connectivity index is 1.84. The van der Waals surface area contributed by atoms with Crippen LogP contribution in [0.1, 0.15) is 41.0 Å². The number of hydrogen-bond donors (Lipinski definition) is 0.